The summed E-state index contributed by atoms with van der Waals surface area (Å²) in [4.78, 5) is 16.4. The van der Waals surface area contributed by atoms with Crippen LogP contribution in [0.15, 0.2) is 30.3 Å². The van der Waals surface area contributed by atoms with Crippen molar-refractivity contribution >= 4 is 11.6 Å². The monoisotopic (exact) mass is 276 g/mol. The number of para-hydroxylation sites is 1. The van der Waals surface area contributed by atoms with E-state index in [1.54, 1.807) is 0 Å². The Labute approximate surface area is 121 Å². The number of aliphatic hydroxyl groups excluding tert-OH is 1. The van der Waals surface area contributed by atoms with Gasteiger partial charge in [0.25, 0.3) is 0 Å². The van der Waals surface area contributed by atoms with E-state index in [-0.39, 0.29) is 12.0 Å². The second kappa shape index (κ2) is 6.86. The first-order valence-electron chi connectivity index (χ1n) is 7.37. The summed E-state index contributed by atoms with van der Waals surface area (Å²) in [5, 5.41) is 9.62. The third-order valence-electron chi connectivity index (χ3n) is 4.04. The summed E-state index contributed by atoms with van der Waals surface area (Å²) < 4.78 is 0. The number of carbonyl (C=O) groups is 1. The van der Waals surface area contributed by atoms with Gasteiger partial charge in [0.05, 0.1) is 12.6 Å². The molecule has 1 fully saturated rings. The number of nitrogens with zero attached hydrogens (tertiary/aromatic N) is 2. The zero-order chi connectivity index (χ0) is 14.5. The Hall–Kier alpha value is -1.39. The van der Waals surface area contributed by atoms with Crippen LogP contribution in [0.25, 0.3) is 0 Å². The Morgan fingerprint density at radius 1 is 1.45 bits per heavy atom. The van der Waals surface area contributed by atoms with Gasteiger partial charge in [-0.05, 0) is 44.9 Å². The first-order valence-corrected chi connectivity index (χ1v) is 7.37. The standard InChI is InChI=1S/C16H24N2O2/c1-3-18(15-7-5-4-6-8-15)16(20)12-17-10-9-14(11-17)13(2)19/h4-8,13-14,19H,3,9-12H2,1-2H3. The predicted molar refractivity (Wildman–Crippen MR) is 80.7 cm³/mol. The molecule has 20 heavy (non-hydrogen) atoms. The molecule has 4 nitrogen and oxygen atoms in total. The number of carbonyl (C=O) groups excluding carboxylic acids is 1. The van der Waals surface area contributed by atoms with E-state index in [1.807, 2.05) is 49.1 Å². The fourth-order valence-electron chi connectivity index (χ4n) is 2.79. The first-order chi connectivity index (χ1) is 9.61. The lowest BCUT2D eigenvalue weighted by Crippen LogP contribution is -2.40. The molecule has 0 radical (unpaired) electrons. The highest BCUT2D eigenvalue weighted by Crippen LogP contribution is 2.20. The van der Waals surface area contributed by atoms with Crippen LogP contribution in [-0.4, -0.2) is 48.2 Å². The number of rotatable bonds is 5. The average molecular weight is 276 g/mol. The molecule has 0 aromatic heterocycles. The van der Waals surface area contributed by atoms with Crippen LogP contribution in [0.1, 0.15) is 20.3 Å². The highest BCUT2D eigenvalue weighted by atomic mass is 16.3. The molecule has 1 aromatic rings. The number of benzene rings is 1. The Bertz CT molecular complexity index is 433. The lowest BCUT2D eigenvalue weighted by molar-refractivity contribution is -0.119. The van der Waals surface area contributed by atoms with E-state index in [1.165, 1.54) is 0 Å². The van der Waals surface area contributed by atoms with E-state index in [4.69, 9.17) is 0 Å². The molecule has 1 amide bonds. The average Bonchev–Trinajstić information content (AvgIpc) is 2.89. The van der Waals surface area contributed by atoms with Crippen molar-refractivity contribution in [1.29, 1.82) is 0 Å². The molecule has 2 unspecified atom stereocenters. The van der Waals surface area contributed by atoms with E-state index in [2.05, 4.69) is 4.90 Å². The fraction of sp³-hybridized carbons (Fsp3) is 0.562. The number of amides is 1. The number of hydrogen-bond acceptors (Lipinski definition) is 3. The van der Waals surface area contributed by atoms with E-state index in [0.717, 1.165) is 25.2 Å². The van der Waals surface area contributed by atoms with Crippen molar-refractivity contribution < 1.29 is 9.90 Å². The minimum atomic E-state index is -0.286. The molecule has 0 aliphatic carbocycles. The summed E-state index contributed by atoms with van der Waals surface area (Å²) in [6.45, 7) is 6.65. The smallest absolute Gasteiger partial charge is 0.241 e. The molecular formula is C16H24N2O2. The molecule has 1 saturated heterocycles. The maximum absolute atomic E-state index is 12.4. The molecule has 1 N–H and O–H groups in total. The van der Waals surface area contributed by atoms with Gasteiger partial charge in [-0.25, -0.2) is 0 Å². The zero-order valence-corrected chi connectivity index (χ0v) is 12.3. The molecule has 2 rings (SSSR count). The molecule has 1 aliphatic heterocycles. The second-order valence-corrected chi connectivity index (χ2v) is 5.50. The minimum absolute atomic E-state index is 0.130. The van der Waals surface area contributed by atoms with Crippen LogP contribution in [0.3, 0.4) is 0 Å². The van der Waals surface area contributed by atoms with Gasteiger partial charge in [-0.2, -0.15) is 0 Å². The predicted octanol–water partition coefficient (Wildman–Crippen LogP) is 1.74. The maximum Gasteiger partial charge on any atom is 0.241 e. The van der Waals surface area contributed by atoms with E-state index >= 15 is 0 Å². The van der Waals surface area contributed by atoms with E-state index < -0.39 is 0 Å². The number of anilines is 1. The topological polar surface area (TPSA) is 43.8 Å². The highest BCUT2D eigenvalue weighted by Gasteiger charge is 2.28. The Balaban J connectivity index is 1.94. The largest absolute Gasteiger partial charge is 0.393 e. The lowest BCUT2D eigenvalue weighted by atomic mass is 10.0. The van der Waals surface area contributed by atoms with Gasteiger partial charge >= 0.3 is 0 Å². The van der Waals surface area contributed by atoms with Crippen molar-refractivity contribution in [3.05, 3.63) is 30.3 Å². The van der Waals surface area contributed by atoms with Crippen molar-refractivity contribution in [3.8, 4) is 0 Å². The van der Waals surface area contributed by atoms with Crippen LogP contribution >= 0.6 is 0 Å². The van der Waals surface area contributed by atoms with Crippen LogP contribution in [0.5, 0.6) is 0 Å². The number of likely N-dealkylation sites (tertiary alicyclic amines) is 1. The number of hydrogen-bond donors (Lipinski definition) is 1. The van der Waals surface area contributed by atoms with Crippen molar-refractivity contribution in [3.63, 3.8) is 0 Å². The Morgan fingerprint density at radius 2 is 2.15 bits per heavy atom. The van der Waals surface area contributed by atoms with Gasteiger partial charge in [-0.1, -0.05) is 18.2 Å². The van der Waals surface area contributed by atoms with Gasteiger partial charge in [-0.15, -0.1) is 0 Å². The quantitative estimate of drug-likeness (QED) is 0.891. The third kappa shape index (κ3) is 3.58. The van der Waals surface area contributed by atoms with Crippen LogP contribution in [0.4, 0.5) is 5.69 Å². The van der Waals surface area contributed by atoms with Gasteiger partial charge in [0.2, 0.25) is 5.91 Å². The van der Waals surface area contributed by atoms with Gasteiger partial charge < -0.3 is 10.0 Å². The van der Waals surface area contributed by atoms with Crippen LogP contribution in [0.2, 0.25) is 0 Å². The van der Waals surface area contributed by atoms with E-state index in [9.17, 15) is 9.90 Å². The molecule has 0 spiro atoms. The van der Waals surface area contributed by atoms with Crippen LogP contribution in [0, 0.1) is 5.92 Å². The SMILES string of the molecule is CCN(C(=O)CN1CCC(C(C)O)C1)c1ccccc1. The molecule has 2 atom stereocenters. The van der Waals surface area contributed by atoms with Gasteiger partial charge in [-0.3, -0.25) is 9.69 Å². The highest BCUT2D eigenvalue weighted by molar-refractivity contribution is 5.94. The Morgan fingerprint density at radius 3 is 2.70 bits per heavy atom. The molecular weight excluding hydrogens is 252 g/mol. The van der Waals surface area contributed by atoms with Crippen molar-refractivity contribution in [1.82, 2.24) is 4.90 Å². The molecule has 4 heteroatoms. The third-order valence-corrected chi connectivity index (χ3v) is 4.04. The van der Waals surface area contributed by atoms with Crippen molar-refractivity contribution in [2.45, 2.75) is 26.4 Å². The molecule has 1 aliphatic rings. The minimum Gasteiger partial charge on any atom is -0.393 e. The molecule has 0 saturated carbocycles. The summed E-state index contributed by atoms with van der Waals surface area (Å²) in [5.74, 6) is 0.430. The van der Waals surface area contributed by atoms with Crippen LogP contribution < -0.4 is 4.90 Å². The van der Waals surface area contributed by atoms with Crippen LogP contribution in [-0.2, 0) is 4.79 Å². The number of likely N-dealkylation sites (N-methyl/N-ethyl adjacent to an activating group) is 1. The molecule has 0 bridgehead atoms. The Kier molecular flexibility index (Phi) is 5.15. The number of aliphatic hydroxyl groups is 1. The van der Waals surface area contributed by atoms with Crippen molar-refractivity contribution in [2.24, 2.45) is 5.92 Å². The summed E-state index contributed by atoms with van der Waals surface area (Å²) in [6.07, 6.45) is 0.689. The zero-order valence-electron chi connectivity index (χ0n) is 12.3. The summed E-state index contributed by atoms with van der Waals surface area (Å²) in [7, 11) is 0. The summed E-state index contributed by atoms with van der Waals surface area (Å²) in [6, 6.07) is 9.78. The van der Waals surface area contributed by atoms with Gasteiger partial charge in [0.15, 0.2) is 0 Å². The lowest BCUT2D eigenvalue weighted by Gasteiger charge is -2.24. The van der Waals surface area contributed by atoms with Gasteiger partial charge in [0, 0.05) is 18.8 Å². The molecule has 1 aromatic carbocycles. The maximum atomic E-state index is 12.4. The normalized spacial score (nSPS) is 20.9. The molecule has 110 valence electrons. The first kappa shape index (κ1) is 15.0. The summed E-state index contributed by atoms with van der Waals surface area (Å²) >= 11 is 0. The van der Waals surface area contributed by atoms with E-state index in [0.29, 0.717) is 19.0 Å². The second-order valence-electron chi connectivity index (χ2n) is 5.50. The summed E-state index contributed by atoms with van der Waals surface area (Å²) in [5.41, 5.74) is 0.950. The molecule has 1 heterocycles. The van der Waals surface area contributed by atoms with Crippen molar-refractivity contribution in [2.75, 3.05) is 31.1 Å². The fourth-order valence-corrected chi connectivity index (χ4v) is 2.79. The van der Waals surface area contributed by atoms with Gasteiger partial charge in [0.1, 0.15) is 0 Å².